The molecule has 0 bridgehead atoms. The first-order chi connectivity index (χ1) is 12.2. The minimum atomic E-state index is 0.125. The zero-order chi connectivity index (χ0) is 17.0. The van der Waals surface area contributed by atoms with Gasteiger partial charge in [-0.3, -0.25) is 9.69 Å². The van der Waals surface area contributed by atoms with Gasteiger partial charge in [-0.15, -0.1) is 0 Å². The molecule has 3 nitrogen and oxygen atoms in total. The fraction of sp³-hybridized carbons (Fsp3) is 0.591. The summed E-state index contributed by atoms with van der Waals surface area (Å²) in [5.41, 5.74) is 4.42. The highest BCUT2D eigenvalue weighted by Crippen LogP contribution is 2.52. The van der Waals surface area contributed by atoms with E-state index in [9.17, 15) is 4.79 Å². The molecule has 132 valence electrons. The lowest BCUT2D eigenvalue weighted by atomic mass is 9.64. The van der Waals surface area contributed by atoms with Crippen molar-refractivity contribution in [3.8, 4) is 0 Å². The monoisotopic (exact) mass is 336 g/mol. The molecule has 0 spiro atoms. The molecule has 1 unspecified atom stereocenters. The molecule has 1 saturated heterocycles. The van der Waals surface area contributed by atoms with Gasteiger partial charge >= 0.3 is 0 Å². The van der Waals surface area contributed by atoms with Gasteiger partial charge in [0, 0.05) is 42.5 Å². The Morgan fingerprint density at radius 1 is 1.24 bits per heavy atom. The van der Waals surface area contributed by atoms with Crippen LogP contribution in [0.3, 0.4) is 0 Å². The second-order valence-corrected chi connectivity index (χ2v) is 8.51. The Labute approximate surface area is 149 Å². The Morgan fingerprint density at radius 2 is 2.12 bits per heavy atom. The number of hydrogen-bond acceptors (Lipinski definition) is 2. The van der Waals surface area contributed by atoms with Crippen molar-refractivity contribution >= 4 is 16.7 Å². The highest BCUT2D eigenvalue weighted by atomic mass is 16.1. The number of H-pyrrole nitrogens is 1. The van der Waals surface area contributed by atoms with Gasteiger partial charge in [-0.25, -0.2) is 0 Å². The van der Waals surface area contributed by atoms with Crippen LogP contribution in [0.2, 0.25) is 0 Å². The second-order valence-electron chi connectivity index (χ2n) is 8.51. The van der Waals surface area contributed by atoms with Crippen molar-refractivity contribution in [3.63, 3.8) is 0 Å². The van der Waals surface area contributed by atoms with E-state index in [-0.39, 0.29) is 5.54 Å². The predicted octanol–water partition coefficient (Wildman–Crippen LogP) is 4.41. The third-order valence-corrected chi connectivity index (χ3v) is 7.18. The lowest BCUT2D eigenvalue weighted by molar-refractivity contribution is -0.127. The summed E-state index contributed by atoms with van der Waals surface area (Å²) >= 11 is 0. The molecule has 1 saturated carbocycles. The molecule has 2 aliphatic heterocycles. The van der Waals surface area contributed by atoms with Crippen molar-refractivity contribution in [1.82, 2.24) is 9.88 Å². The molecule has 1 aromatic heterocycles. The molecule has 1 aromatic carbocycles. The van der Waals surface area contributed by atoms with Crippen molar-refractivity contribution in [2.45, 2.75) is 57.4 Å². The number of aromatic nitrogens is 1. The Morgan fingerprint density at radius 3 is 3.00 bits per heavy atom. The molecular weight excluding hydrogens is 308 g/mol. The zero-order valence-electron chi connectivity index (χ0n) is 15.2. The summed E-state index contributed by atoms with van der Waals surface area (Å²) in [6.45, 7) is 4.67. The summed E-state index contributed by atoms with van der Waals surface area (Å²) in [5.74, 6) is 1.81. The lowest BCUT2D eigenvalue weighted by Gasteiger charge is -2.56. The normalized spacial score (nSPS) is 32.3. The van der Waals surface area contributed by atoms with E-state index in [1.165, 1.54) is 42.5 Å². The van der Waals surface area contributed by atoms with Crippen LogP contribution >= 0.6 is 0 Å². The number of para-hydroxylation sites is 1. The van der Waals surface area contributed by atoms with Gasteiger partial charge < -0.3 is 4.98 Å². The molecule has 1 aliphatic carbocycles. The van der Waals surface area contributed by atoms with E-state index in [4.69, 9.17) is 0 Å². The average Bonchev–Trinajstić information content (AvgIpc) is 3.00. The number of hydrogen-bond donors (Lipinski definition) is 1. The SMILES string of the molecule is CCCC12C[C@H]3CC(=O)CC[C@@H]3CN1CCc1c2[nH]c2ccccc12. The number of rotatable bonds is 2. The van der Waals surface area contributed by atoms with Gasteiger partial charge in [-0.05, 0) is 49.1 Å². The van der Waals surface area contributed by atoms with Gasteiger partial charge in [0.2, 0.25) is 0 Å². The van der Waals surface area contributed by atoms with E-state index in [0.717, 1.165) is 38.0 Å². The molecule has 3 heteroatoms. The number of piperidine rings is 1. The molecule has 5 rings (SSSR count). The van der Waals surface area contributed by atoms with Crippen molar-refractivity contribution < 1.29 is 4.79 Å². The van der Waals surface area contributed by atoms with Gasteiger partial charge in [-0.2, -0.15) is 0 Å². The number of nitrogens with one attached hydrogen (secondary N) is 1. The number of carbonyl (C=O) groups is 1. The van der Waals surface area contributed by atoms with Crippen LogP contribution in [-0.4, -0.2) is 28.8 Å². The summed E-state index contributed by atoms with van der Waals surface area (Å²) < 4.78 is 0. The molecular formula is C22H28N2O. The minimum Gasteiger partial charge on any atom is -0.357 e. The Kier molecular flexibility index (Phi) is 3.56. The van der Waals surface area contributed by atoms with Crippen LogP contribution in [0.4, 0.5) is 0 Å². The van der Waals surface area contributed by atoms with Crippen LogP contribution in [0.25, 0.3) is 10.9 Å². The Balaban J connectivity index is 1.63. The first-order valence-corrected chi connectivity index (χ1v) is 10.1. The van der Waals surface area contributed by atoms with E-state index in [2.05, 4.69) is 41.1 Å². The molecule has 25 heavy (non-hydrogen) atoms. The molecule has 1 N–H and O–H groups in total. The molecule has 3 atom stereocenters. The van der Waals surface area contributed by atoms with Gasteiger partial charge in [-0.1, -0.05) is 31.5 Å². The summed E-state index contributed by atoms with van der Waals surface area (Å²) in [4.78, 5) is 18.7. The zero-order valence-corrected chi connectivity index (χ0v) is 15.2. The Hall–Kier alpha value is -1.61. The molecule has 3 heterocycles. The van der Waals surface area contributed by atoms with Crippen molar-refractivity contribution in [2.24, 2.45) is 11.8 Å². The second kappa shape index (κ2) is 5.70. The number of ketones is 1. The van der Waals surface area contributed by atoms with E-state index in [1.54, 1.807) is 5.56 Å². The minimum absolute atomic E-state index is 0.125. The lowest BCUT2D eigenvalue weighted by Crippen LogP contribution is -2.58. The topological polar surface area (TPSA) is 36.1 Å². The third-order valence-electron chi connectivity index (χ3n) is 7.18. The summed E-state index contributed by atoms with van der Waals surface area (Å²) in [5, 5.41) is 1.41. The largest absolute Gasteiger partial charge is 0.357 e. The first-order valence-electron chi connectivity index (χ1n) is 10.1. The maximum atomic E-state index is 12.1. The van der Waals surface area contributed by atoms with Crippen molar-refractivity contribution in [1.29, 1.82) is 0 Å². The van der Waals surface area contributed by atoms with Gasteiger partial charge in [0.25, 0.3) is 0 Å². The predicted molar refractivity (Wildman–Crippen MR) is 101 cm³/mol. The number of Topliss-reactive ketones (excluding diaryl/α,β-unsaturated/α-hetero) is 1. The van der Waals surface area contributed by atoms with E-state index in [1.807, 2.05) is 0 Å². The van der Waals surface area contributed by atoms with Gasteiger partial charge in [0.1, 0.15) is 5.78 Å². The maximum Gasteiger partial charge on any atom is 0.133 e. The smallest absolute Gasteiger partial charge is 0.133 e. The van der Waals surface area contributed by atoms with Crippen LogP contribution in [-0.2, 0) is 16.8 Å². The van der Waals surface area contributed by atoms with E-state index in [0.29, 0.717) is 11.7 Å². The van der Waals surface area contributed by atoms with Crippen LogP contribution in [0.15, 0.2) is 24.3 Å². The third kappa shape index (κ3) is 2.25. The maximum absolute atomic E-state index is 12.1. The number of carbonyl (C=O) groups excluding carboxylic acids is 1. The van der Waals surface area contributed by atoms with Crippen molar-refractivity contribution in [3.05, 3.63) is 35.5 Å². The Bertz CT molecular complexity index is 823. The average molecular weight is 336 g/mol. The van der Waals surface area contributed by atoms with Crippen molar-refractivity contribution in [2.75, 3.05) is 13.1 Å². The number of fused-ring (bicyclic) bond motifs is 6. The summed E-state index contributed by atoms with van der Waals surface area (Å²) in [7, 11) is 0. The molecule has 0 amide bonds. The standard InChI is InChI=1S/C22H28N2O/c1-2-10-22-13-16-12-17(25)8-7-15(16)14-24(22)11-9-19-18-5-3-4-6-20(18)23-21(19)22/h3-6,15-16,23H,2,7-14H2,1H3/t15-,16-,22?/m1/s1. The van der Waals surface area contributed by atoms with E-state index >= 15 is 0 Å². The number of aromatic amines is 1. The van der Waals surface area contributed by atoms with Gasteiger partial charge in [0.15, 0.2) is 0 Å². The fourth-order valence-corrected chi connectivity index (χ4v) is 6.11. The highest BCUT2D eigenvalue weighted by Gasteiger charge is 2.51. The van der Waals surface area contributed by atoms with Crippen LogP contribution in [0.1, 0.15) is 56.7 Å². The van der Waals surface area contributed by atoms with Crippen LogP contribution in [0.5, 0.6) is 0 Å². The quantitative estimate of drug-likeness (QED) is 0.882. The highest BCUT2D eigenvalue weighted by molar-refractivity contribution is 5.85. The fourth-order valence-electron chi connectivity index (χ4n) is 6.11. The summed E-state index contributed by atoms with van der Waals surface area (Å²) in [6, 6.07) is 8.78. The molecule has 3 aliphatic rings. The number of benzene rings is 1. The van der Waals surface area contributed by atoms with Crippen LogP contribution in [0, 0.1) is 11.8 Å². The van der Waals surface area contributed by atoms with Crippen LogP contribution < -0.4 is 0 Å². The van der Waals surface area contributed by atoms with E-state index < -0.39 is 0 Å². The molecule has 2 aromatic rings. The number of nitrogens with zero attached hydrogens (tertiary/aromatic N) is 1. The summed E-state index contributed by atoms with van der Waals surface area (Å²) in [6.07, 6.45) is 7.45. The van der Waals surface area contributed by atoms with Gasteiger partial charge in [0.05, 0.1) is 5.54 Å². The first kappa shape index (κ1) is 15.6. The molecule has 2 fully saturated rings. The molecule has 0 radical (unpaired) electrons.